The Labute approximate surface area is 169 Å². The number of benzene rings is 2. The van der Waals surface area contributed by atoms with Gasteiger partial charge in [0, 0.05) is 17.7 Å². The topological polar surface area (TPSA) is 72.5 Å². The Morgan fingerprint density at radius 3 is 2.21 bits per heavy atom. The minimum atomic E-state index is -0.817. The number of esters is 1. The van der Waals surface area contributed by atoms with Crippen LogP contribution in [0.4, 0.5) is 10.1 Å². The average Bonchev–Trinajstić information content (AvgIpc) is 3.24. The third-order valence-electron chi connectivity index (χ3n) is 5.39. The smallest absolute Gasteiger partial charge is 0.317 e. The number of Topliss-reactive ketones (excluding diaryl/α,β-unsaturated/α-hetero) is 1. The van der Waals surface area contributed by atoms with E-state index in [9.17, 15) is 18.8 Å². The summed E-state index contributed by atoms with van der Waals surface area (Å²) in [7, 11) is 0. The molecule has 0 saturated heterocycles. The summed E-state index contributed by atoms with van der Waals surface area (Å²) < 4.78 is 18.7. The molecule has 1 N–H and O–H groups in total. The summed E-state index contributed by atoms with van der Waals surface area (Å²) in [4.78, 5) is 36.7. The monoisotopic (exact) mass is 397 g/mol. The molecule has 0 heterocycles. The van der Waals surface area contributed by atoms with Crippen molar-refractivity contribution in [2.24, 2.45) is 0 Å². The molecule has 6 heteroatoms. The van der Waals surface area contributed by atoms with Crippen molar-refractivity contribution < 1.29 is 23.5 Å². The summed E-state index contributed by atoms with van der Waals surface area (Å²) in [5.41, 5.74) is 0.911. The third kappa shape index (κ3) is 4.70. The van der Waals surface area contributed by atoms with E-state index in [4.69, 9.17) is 4.74 Å². The number of hydrogen-bond donors (Lipinski definition) is 1. The Morgan fingerprint density at radius 2 is 1.62 bits per heavy atom. The molecule has 0 radical (unpaired) electrons. The highest BCUT2D eigenvalue weighted by Gasteiger charge is 2.44. The lowest BCUT2D eigenvalue weighted by molar-refractivity contribution is -0.149. The molecule has 0 aromatic heterocycles. The highest BCUT2D eigenvalue weighted by atomic mass is 19.1. The van der Waals surface area contributed by atoms with Crippen molar-refractivity contribution in [1.82, 2.24) is 0 Å². The van der Waals surface area contributed by atoms with Crippen molar-refractivity contribution in [2.45, 2.75) is 44.4 Å². The molecular weight excluding hydrogens is 373 g/mol. The van der Waals surface area contributed by atoms with E-state index in [1.165, 1.54) is 12.1 Å². The Hall–Kier alpha value is -3.02. The molecule has 2 aromatic carbocycles. The summed E-state index contributed by atoms with van der Waals surface area (Å²) in [6.07, 6.45) is 3.37. The van der Waals surface area contributed by atoms with Crippen LogP contribution in [-0.2, 0) is 19.7 Å². The number of amides is 1. The largest absolute Gasteiger partial charge is 0.457 e. The van der Waals surface area contributed by atoms with Crippen LogP contribution in [0.1, 0.15) is 54.9 Å². The van der Waals surface area contributed by atoms with Crippen molar-refractivity contribution in [1.29, 1.82) is 0 Å². The van der Waals surface area contributed by atoms with Crippen molar-refractivity contribution >= 4 is 23.3 Å². The van der Waals surface area contributed by atoms with Crippen LogP contribution in [0.5, 0.6) is 0 Å². The van der Waals surface area contributed by atoms with E-state index in [1.54, 1.807) is 43.3 Å². The maximum Gasteiger partial charge on any atom is 0.317 e. The molecule has 5 nitrogen and oxygen atoms in total. The second kappa shape index (κ2) is 8.99. The molecule has 152 valence electrons. The fraction of sp³-hybridized carbons (Fsp3) is 0.348. The number of ether oxygens (including phenoxy) is 1. The van der Waals surface area contributed by atoms with Gasteiger partial charge in [0.1, 0.15) is 5.82 Å². The van der Waals surface area contributed by atoms with Crippen molar-refractivity contribution in [2.75, 3.05) is 11.9 Å². The average molecular weight is 397 g/mol. The third-order valence-corrected chi connectivity index (χ3v) is 5.39. The van der Waals surface area contributed by atoms with E-state index >= 15 is 0 Å². The molecule has 1 saturated carbocycles. The summed E-state index contributed by atoms with van der Waals surface area (Å²) in [6, 6.07) is 12.4. The lowest BCUT2D eigenvalue weighted by Crippen LogP contribution is -2.35. The lowest BCUT2D eigenvalue weighted by atomic mass is 9.79. The second-order valence-electron chi connectivity index (χ2n) is 7.27. The first-order valence-corrected chi connectivity index (χ1v) is 9.81. The minimum Gasteiger partial charge on any atom is -0.457 e. The summed E-state index contributed by atoms with van der Waals surface area (Å²) in [5, 5.41) is 2.71. The van der Waals surface area contributed by atoms with Crippen molar-refractivity contribution in [3.8, 4) is 0 Å². The van der Waals surface area contributed by atoms with Gasteiger partial charge in [0.25, 0.3) is 0 Å². The molecule has 29 heavy (non-hydrogen) atoms. The van der Waals surface area contributed by atoms with Gasteiger partial charge in [-0.15, -0.1) is 0 Å². The number of rotatable bonds is 7. The van der Waals surface area contributed by atoms with Crippen LogP contribution in [0.25, 0.3) is 0 Å². The van der Waals surface area contributed by atoms with E-state index in [0.717, 1.165) is 18.4 Å². The molecule has 0 bridgehead atoms. The number of hydrogen-bond acceptors (Lipinski definition) is 4. The molecule has 0 aliphatic heterocycles. The molecule has 0 unspecified atom stereocenters. The first-order chi connectivity index (χ1) is 13.9. The first-order valence-electron chi connectivity index (χ1n) is 9.81. The Morgan fingerprint density at radius 1 is 1.00 bits per heavy atom. The zero-order chi connectivity index (χ0) is 20.9. The van der Waals surface area contributed by atoms with Gasteiger partial charge >= 0.3 is 5.97 Å². The first kappa shape index (κ1) is 20.7. The fourth-order valence-corrected chi connectivity index (χ4v) is 3.70. The Balaban J connectivity index is 1.65. The van der Waals surface area contributed by atoms with Gasteiger partial charge in [0.15, 0.2) is 12.4 Å². The zero-order valence-corrected chi connectivity index (χ0v) is 16.4. The van der Waals surface area contributed by atoms with Gasteiger partial charge in [0.2, 0.25) is 5.91 Å². The number of halogens is 1. The second-order valence-corrected chi connectivity index (χ2v) is 7.27. The molecule has 0 atom stereocenters. The number of carbonyl (C=O) groups is 3. The fourth-order valence-electron chi connectivity index (χ4n) is 3.70. The van der Waals surface area contributed by atoms with E-state index in [-0.39, 0.29) is 24.1 Å². The van der Waals surface area contributed by atoms with Gasteiger partial charge < -0.3 is 10.1 Å². The molecule has 3 rings (SSSR count). The highest BCUT2D eigenvalue weighted by molar-refractivity contribution is 5.99. The molecule has 1 fully saturated rings. The molecular formula is C23H24FNO4. The maximum atomic E-state index is 13.3. The van der Waals surface area contributed by atoms with Crippen LogP contribution >= 0.6 is 0 Å². The predicted molar refractivity (Wildman–Crippen MR) is 107 cm³/mol. The van der Waals surface area contributed by atoms with Crippen molar-refractivity contribution in [3.63, 3.8) is 0 Å². The standard InChI is InChI=1S/C23H24FNO4/c1-2-21(27)25-19-11-5-16(6-12-19)20(26)15-29-22(28)23(13-3-4-14-23)17-7-9-18(24)10-8-17/h5-12H,2-4,13-15H2,1H3,(H,25,27). The summed E-state index contributed by atoms with van der Waals surface area (Å²) >= 11 is 0. The highest BCUT2D eigenvalue weighted by Crippen LogP contribution is 2.42. The van der Waals surface area contributed by atoms with Crippen LogP contribution in [0.3, 0.4) is 0 Å². The van der Waals surface area contributed by atoms with Crippen LogP contribution in [0.2, 0.25) is 0 Å². The maximum absolute atomic E-state index is 13.3. The molecule has 1 aliphatic rings. The molecule has 2 aromatic rings. The van der Waals surface area contributed by atoms with Gasteiger partial charge in [-0.3, -0.25) is 14.4 Å². The molecule has 1 aliphatic carbocycles. The van der Waals surface area contributed by atoms with E-state index in [2.05, 4.69) is 5.32 Å². The Kier molecular flexibility index (Phi) is 6.42. The summed E-state index contributed by atoms with van der Waals surface area (Å²) in [6.45, 7) is 1.40. The van der Waals surface area contributed by atoms with Gasteiger partial charge in [-0.25, -0.2) is 4.39 Å². The lowest BCUT2D eigenvalue weighted by Gasteiger charge is -2.27. The molecule has 0 spiro atoms. The number of nitrogens with one attached hydrogen (secondary N) is 1. The van der Waals surface area contributed by atoms with E-state index in [1.807, 2.05) is 0 Å². The van der Waals surface area contributed by atoms with Gasteiger partial charge in [-0.1, -0.05) is 31.9 Å². The van der Waals surface area contributed by atoms with Gasteiger partial charge in [-0.2, -0.15) is 0 Å². The van der Waals surface area contributed by atoms with Crippen LogP contribution < -0.4 is 5.32 Å². The van der Waals surface area contributed by atoms with Crippen LogP contribution in [0, 0.1) is 5.82 Å². The van der Waals surface area contributed by atoms with Crippen molar-refractivity contribution in [3.05, 3.63) is 65.5 Å². The zero-order valence-electron chi connectivity index (χ0n) is 16.4. The van der Waals surface area contributed by atoms with E-state index in [0.29, 0.717) is 30.5 Å². The predicted octanol–water partition coefficient (Wildman–Crippen LogP) is 4.41. The SMILES string of the molecule is CCC(=O)Nc1ccc(C(=O)COC(=O)C2(c3ccc(F)cc3)CCCC2)cc1. The van der Waals surface area contributed by atoms with Crippen LogP contribution in [0.15, 0.2) is 48.5 Å². The van der Waals surface area contributed by atoms with Crippen LogP contribution in [-0.4, -0.2) is 24.3 Å². The number of carbonyl (C=O) groups excluding carboxylic acids is 3. The number of anilines is 1. The van der Waals surface area contributed by atoms with Gasteiger partial charge in [0.05, 0.1) is 5.41 Å². The molecule has 1 amide bonds. The summed E-state index contributed by atoms with van der Waals surface area (Å²) in [5.74, 6) is -1.23. The minimum absolute atomic E-state index is 0.110. The Bertz CT molecular complexity index is 884. The normalized spacial score (nSPS) is 15.0. The van der Waals surface area contributed by atoms with E-state index < -0.39 is 11.4 Å². The van der Waals surface area contributed by atoms with Gasteiger partial charge in [-0.05, 0) is 54.8 Å². The number of ketones is 1. The quantitative estimate of drug-likeness (QED) is 0.555.